The highest BCUT2D eigenvalue weighted by Crippen LogP contribution is 2.55. The van der Waals surface area contributed by atoms with Crippen LogP contribution < -0.4 is 20.9 Å². The molecular weight excluding hydrogens is 492 g/mol. The molecule has 1 saturated heterocycles. The molecule has 1 aliphatic heterocycles. The number of pyridine rings is 1. The molecule has 0 spiro atoms. The number of H-pyrrole nitrogens is 1. The van der Waals surface area contributed by atoms with Crippen LogP contribution in [0.3, 0.4) is 0 Å². The quantitative estimate of drug-likeness (QED) is 0.458. The lowest BCUT2D eigenvalue weighted by atomic mass is 9.53. The molecule has 2 heterocycles. The van der Waals surface area contributed by atoms with E-state index in [1.54, 1.807) is 24.3 Å². The Balaban J connectivity index is 0.000000187. The number of aromatic nitrogens is 1. The summed E-state index contributed by atoms with van der Waals surface area (Å²) in [6, 6.07) is 16.1. The molecule has 39 heavy (non-hydrogen) atoms. The number of ether oxygens (including phenoxy) is 1. The Morgan fingerprint density at radius 2 is 1.69 bits per heavy atom. The largest absolute Gasteiger partial charge is 0.489 e. The number of nitrogens with zero attached hydrogens (tertiary/aromatic N) is 2. The molecular formula is C31H36N4O4. The zero-order valence-electron chi connectivity index (χ0n) is 23.0. The molecule has 0 atom stereocenters. The fourth-order valence-electron chi connectivity index (χ4n) is 6.28. The number of carbonyl (C=O) groups is 2. The van der Waals surface area contributed by atoms with Gasteiger partial charge in [0, 0.05) is 52.5 Å². The molecule has 204 valence electrons. The van der Waals surface area contributed by atoms with Crippen LogP contribution >= 0.6 is 0 Å². The summed E-state index contributed by atoms with van der Waals surface area (Å²) in [5.41, 5.74) is 7.81. The first-order valence-corrected chi connectivity index (χ1v) is 13.3. The van der Waals surface area contributed by atoms with Gasteiger partial charge in [-0.3, -0.25) is 9.59 Å². The van der Waals surface area contributed by atoms with Crippen molar-refractivity contribution in [1.29, 1.82) is 5.26 Å². The van der Waals surface area contributed by atoms with E-state index in [9.17, 15) is 19.6 Å². The van der Waals surface area contributed by atoms with Gasteiger partial charge in [-0.05, 0) is 61.7 Å². The van der Waals surface area contributed by atoms with Crippen molar-refractivity contribution < 1.29 is 14.3 Å². The summed E-state index contributed by atoms with van der Waals surface area (Å²) >= 11 is 0. The summed E-state index contributed by atoms with van der Waals surface area (Å²) < 4.78 is 6.30. The van der Waals surface area contributed by atoms with E-state index >= 15 is 0 Å². The minimum absolute atomic E-state index is 0.100. The Morgan fingerprint density at radius 1 is 1.05 bits per heavy atom. The number of amides is 1. The molecule has 2 fully saturated rings. The van der Waals surface area contributed by atoms with Crippen LogP contribution in [-0.4, -0.2) is 36.4 Å². The Hall–Kier alpha value is -4.12. The number of benzene rings is 2. The van der Waals surface area contributed by atoms with Crippen molar-refractivity contribution in [1.82, 2.24) is 4.98 Å². The van der Waals surface area contributed by atoms with Crippen LogP contribution in [0, 0.1) is 28.1 Å². The maximum Gasteiger partial charge on any atom is 0.248 e. The molecule has 8 nitrogen and oxygen atoms in total. The molecule has 2 aliphatic rings. The second-order valence-corrected chi connectivity index (χ2v) is 11.9. The van der Waals surface area contributed by atoms with Crippen molar-refractivity contribution in [2.75, 3.05) is 18.0 Å². The monoisotopic (exact) mass is 528 g/mol. The summed E-state index contributed by atoms with van der Waals surface area (Å²) in [6.45, 7) is 10.6. The van der Waals surface area contributed by atoms with E-state index in [1.807, 2.05) is 18.2 Å². The van der Waals surface area contributed by atoms with Gasteiger partial charge >= 0.3 is 0 Å². The fourth-order valence-corrected chi connectivity index (χ4v) is 6.28. The van der Waals surface area contributed by atoms with Gasteiger partial charge in [0.2, 0.25) is 11.5 Å². The van der Waals surface area contributed by atoms with Crippen LogP contribution in [0.2, 0.25) is 0 Å². The molecule has 8 heteroatoms. The Labute approximate surface area is 228 Å². The number of hydrogen-bond acceptors (Lipinski definition) is 6. The van der Waals surface area contributed by atoms with Crippen LogP contribution in [0.15, 0.2) is 53.3 Å². The number of aromatic amines is 1. The van der Waals surface area contributed by atoms with Gasteiger partial charge in [0.05, 0.1) is 11.1 Å². The molecule has 1 amide bonds. The zero-order valence-corrected chi connectivity index (χ0v) is 23.0. The van der Waals surface area contributed by atoms with Crippen LogP contribution in [-0.2, 0) is 4.79 Å². The molecule has 1 aromatic heterocycles. The second-order valence-electron chi connectivity index (χ2n) is 11.9. The predicted molar refractivity (Wildman–Crippen MR) is 152 cm³/mol. The molecule has 1 saturated carbocycles. The molecule has 5 rings (SSSR count). The van der Waals surface area contributed by atoms with Gasteiger partial charge in [-0.1, -0.05) is 27.7 Å². The van der Waals surface area contributed by atoms with Crippen molar-refractivity contribution in [3.63, 3.8) is 0 Å². The van der Waals surface area contributed by atoms with Gasteiger partial charge in [0.1, 0.15) is 24.2 Å². The van der Waals surface area contributed by atoms with E-state index < -0.39 is 5.91 Å². The molecule has 0 bridgehead atoms. The number of hydrogen-bond donors (Lipinski definition) is 2. The number of aldehydes is 1. The number of fused-ring (bicyclic) bond motifs is 1. The normalized spacial score (nSPS) is 18.3. The Morgan fingerprint density at radius 3 is 2.23 bits per heavy atom. The topological polar surface area (TPSA) is 129 Å². The third-order valence-electron chi connectivity index (χ3n) is 7.80. The first-order chi connectivity index (χ1) is 18.4. The molecule has 3 aromatic rings. The van der Waals surface area contributed by atoms with E-state index in [1.165, 1.54) is 6.07 Å². The summed E-state index contributed by atoms with van der Waals surface area (Å²) in [5, 5.41) is 9.99. The molecule has 0 radical (unpaired) electrons. The Kier molecular flexibility index (Phi) is 7.82. The number of rotatable bonds is 5. The van der Waals surface area contributed by atoms with Crippen molar-refractivity contribution in [3.8, 4) is 11.8 Å². The first-order valence-electron chi connectivity index (χ1n) is 13.3. The molecule has 3 N–H and O–H groups in total. The highest BCUT2D eigenvalue weighted by molar-refractivity contribution is 5.93. The molecule has 2 aromatic carbocycles. The highest BCUT2D eigenvalue weighted by Gasteiger charge is 2.55. The van der Waals surface area contributed by atoms with Gasteiger partial charge in [-0.25, -0.2) is 0 Å². The van der Waals surface area contributed by atoms with Gasteiger partial charge in [-0.2, -0.15) is 5.26 Å². The molecule has 0 unspecified atom stereocenters. The maximum atomic E-state index is 11.6. The van der Waals surface area contributed by atoms with E-state index in [-0.39, 0.29) is 28.4 Å². The summed E-state index contributed by atoms with van der Waals surface area (Å²) in [5.74, 6) is 0.517. The SMILES string of the molecule is CC1(C)CC(C)(C)C1Oc1ccc(C#N)c2[nH]c(=O)ccc12.NC(=O)c1ccc(N2CCC(C=O)CC2)cc1. The maximum absolute atomic E-state index is 11.6. The van der Waals surface area contributed by atoms with E-state index in [4.69, 9.17) is 10.5 Å². The summed E-state index contributed by atoms with van der Waals surface area (Å²) in [6.07, 6.45) is 4.06. The lowest BCUT2D eigenvalue weighted by molar-refractivity contribution is -0.133. The van der Waals surface area contributed by atoms with Gasteiger partial charge < -0.3 is 25.1 Å². The average molecular weight is 529 g/mol. The number of piperidine rings is 1. The zero-order chi connectivity index (χ0) is 28.4. The van der Waals surface area contributed by atoms with E-state index in [2.05, 4.69) is 43.6 Å². The van der Waals surface area contributed by atoms with E-state index in [0.717, 1.165) is 55.5 Å². The lowest BCUT2D eigenvalue weighted by Gasteiger charge is -2.56. The minimum Gasteiger partial charge on any atom is -0.489 e. The minimum atomic E-state index is -0.406. The summed E-state index contributed by atoms with van der Waals surface area (Å²) in [7, 11) is 0. The smallest absolute Gasteiger partial charge is 0.248 e. The molecule has 1 aliphatic carbocycles. The Bertz CT molecular complexity index is 1440. The van der Waals surface area contributed by atoms with Crippen molar-refractivity contribution in [2.45, 2.75) is 53.1 Å². The fraction of sp³-hybridized carbons (Fsp3) is 0.419. The number of nitriles is 1. The third kappa shape index (κ3) is 5.98. The van der Waals surface area contributed by atoms with Crippen molar-refractivity contribution in [3.05, 3.63) is 70.0 Å². The van der Waals surface area contributed by atoms with Gasteiger partial charge in [-0.15, -0.1) is 0 Å². The number of nitrogens with one attached hydrogen (secondary N) is 1. The van der Waals surface area contributed by atoms with Gasteiger partial charge in [0.25, 0.3) is 0 Å². The van der Waals surface area contributed by atoms with Gasteiger partial charge in [0.15, 0.2) is 0 Å². The van der Waals surface area contributed by atoms with Crippen molar-refractivity contribution in [2.24, 2.45) is 22.5 Å². The number of carbonyl (C=O) groups excluding carboxylic acids is 2. The standard InChI is InChI=1S/C18H20N2O2.C13H16N2O2/c1-17(2)10-18(3,4)16(17)22-13-7-5-11(9-19)15-12(13)6-8-14(21)20-15;14-13(17)11-1-3-12(4-2-11)15-7-5-10(9-16)6-8-15/h5-8,16H,10H2,1-4H3,(H,20,21);1-4,9-10H,5-8H2,(H2,14,17). The van der Waals surface area contributed by atoms with Crippen LogP contribution in [0.25, 0.3) is 10.9 Å². The third-order valence-corrected chi connectivity index (χ3v) is 7.80. The number of anilines is 1. The average Bonchev–Trinajstić information content (AvgIpc) is 2.91. The predicted octanol–water partition coefficient (Wildman–Crippen LogP) is 4.80. The van der Waals surface area contributed by atoms with E-state index in [0.29, 0.717) is 16.6 Å². The van der Waals surface area contributed by atoms with Crippen LogP contribution in [0.4, 0.5) is 5.69 Å². The summed E-state index contributed by atoms with van der Waals surface area (Å²) in [4.78, 5) is 38.1. The number of primary amides is 1. The second kappa shape index (κ2) is 10.9. The highest BCUT2D eigenvalue weighted by atomic mass is 16.5. The van der Waals surface area contributed by atoms with Crippen LogP contribution in [0.1, 0.15) is 62.9 Å². The lowest BCUT2D eigenvalue weighted by Crippen LogP contribution is -2.58. The number of nitrogens with two attached hydrogens (primary N) is 1. The first kappa shape index (κ1) is 27.9. The van der Waals surface area contributed by atoms with Crippen molar-refractivity contribution >= 4 is 28.8 Å². The van der Waals surface area contributed by atoms with Crippen LogP contribution in [0.5, 0.6) is 5.75 Å².